The lowest BCUT2D eigenvalue weighted by Gasteiger charge is -2.13. The van der Waals surface area contributed by atoms with Crippen LogP contribution in [-0.2, 0) is 6.54 Å². The highest BCUT2D eigenvalue weighted by atomic mass is 15.3. The normalized spacial score (nSPS) is 13.1. The third-order valence-electron chi connectivity index (χ3n) is 3.07. The summed E-state index contributed by atoms with van der Waals surface area (Å²) in [6, 6.07) is 8.92. The lowest BCUT2D eigenvalue weighted by atomic mass is 10.2. The second kappa shape index (κ2) is 5.82. The van der Waals surface area contributed by atoms with Crippen LogP contribution < -0.4 is 5.32 Å². The number of nitrogens with one attached hydrogen (secondary N) is 1. The molecule has 0 spiro atoms. The van der Waals surface area contributed by atoms with Gasteiger partial charge in [-0.05, 0) is 32.4 Å². The highest BCUT2D eigenvalue weighted by Gasteiger charge is 2.04. The molecule has 3 heteroatoms. The summed E-state index contributed by atoms with van der Waals surface area (Å²) in [7, 11) is 0. The average Bonchev–Trinajstić information content (AvgIpc) is 2.77. The van der Waals surface area contributed by atoms with E-state index in [4.69, 9.17) is 0 Å². The smallest absolute Gasteiger partial charge is 0.0682 e. The Balaban J connectivity index is 1.95. The van der Waals surface area contributed by atoms with Crippen molar-refractivity contribution in [3.8, 4) is 0 Å². The summed E-state index contributed by atoms with van der Waals surface area (Å²) in [5.41, 5.74) is 1.23. The molecule has 0 aliphatic heterocycles. The van der Waals surface area contributed by atoms with Crippen molar-refractivity contribution in [2.45, 2.75) is 39.3 Å². The van der Waals surface area contributed by atoms with Crippen LogP contribution in [0.2, 0.25) is 0 Å². The number of para-hydroxylation sites is 1. The summed E-state index contributed by atoms with van der Waals surface area (Å²) >= 11 is 0. The third-order valence-corrected chi connectivity index (χ3v) is 3.07. The van der Waals surface area contributed by atoms with Gasteiger partial charge in [-0.25, -0.2) is 0 Å². The molecule has 2 aromatic rings. The van der Waals surface area contributed by atoms with Gasteiger partial charge in [0.25, 0.3) is 0 Å². The predicted octanol–water partition coefficient (Wildman–Crippen LogP) is 2.81. The average molecular weight is 231 g/mol. The molecule has 0 bridgehead atoms. The summed E-state index contributed by atoms with van der Waals surface area (Å²) in [6.07, 6.45) is 4.25. The Morgan fingerprint density at radius 1 is 1.35 bits per heavy atom. The monoisotopic (exact) mass is 231 g/mol. The summed E-state index contributed by atoms with van der Waals surface area (Å²) in [6.45, 7) is 6.51. The van der Waals surface area contributed by atoms with E-state index in [1.54, 1.807) is 0 Å². The first-order valence-corrected chi connectivity index (χ1v) is 6.45. The summed E-state index contributed by atoms with van der Waals surface area (Å²) in [5.74, 6) is 0. The fourth-order valence-corrected chi connectivity index (χ4v) is 2.01. The summed E-state index contributed by atoms with van der Waals surface area (Å²) in [5, 5.41) is 9.16. The second-order valence-electron chi connectivity index (χ2n) is 4.57. The maximum atomic E-state index is 4.44. The van der Waals surface area contributed by atoms with Crippen LogP contribution in [0.4, 0.5) is 0 Å². The van der Waals surface area contributed by atoms with Crippen LogP contribution in [0, 0.1) is 0 Å². The van der Waals surface area contributed by atoms with Gasteiger partial charge in [-0.3, -0.25) is 4.68 Å². The van der Waals surface area contributed by atoms with Crippen molar-refractivity contribution < 1.29 is 0 Å². The fraction of sp³-hybridized carbons (Fsp3) is 0.500. The Labute approximate surface area is 103 Å². The number of aryl methyl sites for hydroxylation is 1. The largest absolute Gasteiger partial charge is 0.314 e. The summed E-state index contributed by atoms with van der Waals surface area (Å²) in [4.78, 5) is 0. The topological polar surface area (TPSA) is 29.9 Å². The predicted molar refractivity (Wildman–Crippen MR) is 72.1 cm³/mol. The van der Waals surface area contributed by atoms with E-state index < -0.39 is 0 Å². The van der Waals surface area contributed by atoms with Crippen LogP contribution in [0.25, 0.3) is 10.9 Å². The first-order chi connectivity index (χ1) is 8.31. The molecular weight excluding hydrogens is 210 g/mol. The third kappa shape index (κ3) is 3.07. The number of hydrogen-bond acceptors (Lipinski definition) is 2. The van der Waals surface area contributed by atoms with Crippen LogP contribution in [0.5, 0.6) is 0 Å². The Morgan fingerprint density at radius 3 is 3.00 bits per heavy atom. The van der Waals surface area contributed by atoms with Crippen molar-refractivity contribution >= 4 is 10.9 Å². The molecule has 1 heterocycles. The van der Waals surface area contributed by atoms with E-state index in [1.807, 2.05) is 6.20 Å². The van der Waals surface area contributed by atoms with Gasteiger partial charge in [-0.2, -0.15) is 5.10 Å². The number of aromatic nitrogens is 2. The minimum absolute atomic E-state index is 0.554. The van der Waals surface area contributed by atoms with E-state index in [9.17, 15) is 0 Å². The highest BCUT2D eigenvalue weighted by Crippen LogP contribution is 2.13. The lowest BCUT2D eigenvalue weighted by Crippen LogP contribution is -2.27. The molecule has 0 saturated heterocycles. The number of rotatable bonds is 6. The van der Waals surface area contributed by atoms with Crippen molar-refractivity contribution in [2.24, 2.45) is 0 Å². The molecule has 3 nitrogen and oxygen atoms in total. The van der Waals surface area contributed by atoms with Crippen LogP contribution >= 0.6 is 0 Å². The van der Waals surface area contributed by atoms with Gasteiger partial charge in [-0.1, -0.05) is 25.1 Å². The Hall–Kier alpha value is -1.35. The molecule has 1 unspecified atom stereocenters. The van der Waals surface area contributed by atoms with Gasteiger partial charge in [0.05, 0.1) is 11.7 Å². The molecule has 0 saturated carbocycles. The molecule has 2 rings (SSSR count). The van der Waals surface area contributed by atoms with Crippen molar-refractivity contribution in [1.29, 1.82) is 0 Å². The van der Waals surface area contributed by atoms with Crippen LogP contribution in [0.1, 0.15) is 26.7 Å². The molecule has 1 N–H and O–H groups in total. The van der Waals surface area contributed by atoms with Gasteiger partial charge >= 0.3 is 0 Å². The van der Waals surface area contributed by atoms with E-state index in [0.29, 0.717) is 6.04 Å². The Bertz CT molecular complexity index is 461. The van der Waals surface area contributed by atoms with Crippen LogP contribution in [0.15, 0.2) is 30.5 Å². The zero-order valence-corrected chi connectivity index (χ0v) is 10.7. The van der Waals surface area contributed by atoms with Gasteiger partial charge in [0.15, 0.2) is 0 Å². The number of benzene rings is 1. The van der Waals surface area contributed by atoms with Gasteiger partial charge in [-0.15, -0.1) is 0 Å². The van der Waals surface area contributed by atoms with E-state index in [2.05, 4.69) is 53.2 Å². The number of nitrogens with zero attached hydrogens (tertiary/aromatic N) is 2. The quantitative estimate of drug-likeness (QED) is 0.828. The number of fused-ring (bicyclic) bond motifs is 1. The molecule has 0 aliphatic carbocycles. The molecule has 1 atom stereocenters. The van der Waals surface area contributed by atoms with Gasteiger partial charge in [0.1, 0.15) is 0 Å². The molecule has 1 aromatic heterocycles. The maximum absolute atomic E-state index is 4.44. The van der Waals surface area contributed by atoms with Crippen molar-refractivity contribution in [2.75, 3.05) is 6.54 Å². The van der Waals surface area contributed by atoms with Crippen molar-refractivity contribution in [1.82, 2.24) is 15.1 Å². The zero-order valence-electron chi connectivity index (χ0n) is 10.7. The molecule has 0 fully saturated rings. The van der Waals surface area contributed by atoms with E-state index in [1.165, 1.54) is 17.3 Å². The van der Waals surface area contributed by atoms with E-state index in [-0.39, 0.29) is 0 Å². The van der Waals surface area contributed by atoms with Crippen molar-refractivity contribution in [3.05, 3.63) is 30.5 Å². The Kier molecular flexibility index (Phi) is 4.15. The zero-order chi connectivity index (χ0) is 12.1. The Morgan fingerprint density at radius 2 is 2.18 bits per heavy atom. The maximum Gasteiger partial charge on any atom is 0.0682 e. The minimum atomic E-state index is 0.554. The first kappa shape index (κ1) is 12.1. The van der Waals surface area contributed by atoms with Gasteiger partial charge in [0, 0.05) is 18.0 Å². The van der Waals surface area contributed by atoms with Gasteiger partial charge in [0.2, 0.25) is 0 Å². The lowest BCUT2D eigenvalue weighted by molar-refractivity contribution is 0.465. The standard InChI is InChI=1S/C14H21N3/c1-3-9-15-12(2)8-10-17-14-7-5-4-6-13(14)11-16-17/h4-7,11-12,15H,3,8-10H2,1-2H3. The van der Waals surface area contributed by atoms with Gasteiger partial charge < -0.3 is 5.32 Å². The van der Waals surface area contributed by atoms with E-state index >= 15 is 0 Å². The minimum Gasteiger partial charge on any atom is -0.314 e. The molecule has 0 amide bonds. The molecule has 0 radical (unpaired) electrons. The number of hydrogen-bond donors (Lipinski definition) is 1. The van der Waals surface area contributed by atoms with Crippen molar-refractivity contribution in [3.63, 3.8) is 0 Å². The highest BCUT2D eigenvalue weighted by molar-refractivity contribution is 5.78. The second-order valence-corrected chi connectivity index (χ2v) is 4.57. The molecule has 1 aromatic carbocycles. The summed E-state index contributed by atoms with van der Waals surface area (Å²) < 4.78 is 2.10. The SMILES string of the molecule is CCCNC(C)CCn1ncc2ccccc21. The molecular formula is C14H21N3. The van der Waals surface area contributed by atoms with E-state index in [0.717, 1.165) is 19.5 Å². The molecule has 92 valence electrons. The van der Waals surface area contributed by atoms with Crippen LogP contribution in [-0.4, -0.2) is 22.4 Å². The first-order valence-electron chi connectivity index (χ1n) is 6.45. The molecule has 0 aliphatic rings. The fourth-order valence-electron chi connectivity index (χ4n) is 2.01. The van der Waals surface area contributed by atoms with Crippen LogP contribution in [0.3, 0.4) is 0 Å². The molecule has 17 heavy (non-hydrogen) atoms.